The van der Waals surface area contributed by atoms with Crippen molar-refractivity contribution in [1.29, 1.82) is 0 Å². The molecule has 0 aliphatic rings. The first-order valence-corrected chi connectivity index (χ1v) is 5.64. The average Bonchev–Trinajstić information content (AvgIpc) is 2.78. The summed E-state index contributed by atoms with van der Waals surface area (Å²) in [4.78, 5) is 4.06. The van der Waals surface area contributed by atoms with E-state index in [1.807, 2.05) is 11.6 Å². The molecular weight excluding hydrogens is 233 g/mol. The topological polar surface area (TPSA) is 39.1 Å². The third kappa shape index (κ3) is 2.22. The summed E-state index contributed by atoms with van der Waals surface area (Å²) in [6.45, 7) is 0. The molecule has 1 N–H and O–H groups in total. The zero-order chi connectivity index (χ0) is 13.1. The van der Waals surface area contributed by atoms with Gasteiger partial charge in [-0.05, 0) is 13.1 Å². The highest BCUT2D eigenvalue weighted by atomic mass is 19.1. The normalized spacial score (nSPS) is 12.4. The third-order valence-corrected chi connectivity index (χ3v) is 2.96. The van der Waals surface area contributed by atoms with E-state index in [1.54, 1.807) is 31.7 Å². The molecule has 1 aromatic carbocycles. The molecular formula is C13H16FN3O. The molecule has 96 valence electrons. The molecule has 1 aromatic heterocycles. The molecule has 0 amide bonds. The second kappa shape index (κ2) is 5.18. The predicted octanol–water partition coefficient (Wildman–Crippen LogP) is 1.88. The molecule has 0 aliphatic heterocycles. The number of hydrogen-bond donors (Lipinski definition) is 1. The summed E-state index contributed by atoms with van der Waals surface area (Å²) in [5, 5.41) is 3.10. The minimum atomic E-state index is -0.296. The van der Waals surface area contributed by atoms with Crippen LogP contribution in [0.2, 0.25) is 0 Å². The van der Waals surface area contributed by atoms with E-state index in [-0.39, 0.29) is 11.9 Å². The summed E-state index contributed by atoms with van der Waals surface area (Å²) in [5.74, 6) is 0.214. The van der Waals surface area contributed by atoms with Gasteiger partial charge >= 0.3 is 0 Å². The van der Waals surface area contributed by atoms with Gasteiger partial charge in [-0.25, -0.2) is 9.37 Å². The van der Waals surface area contributed by atoms with Crippen molar-refractivity contribution in [3.05, 3.63) is 47.8 Å². The van der Waals surface area contributed by atoms with E-state index < -0.39 is 0 Å². The van der Waals surface area contributed by atoms with Gasteiger partial charge in [-0.3, -0.25) is 0 Å². The van der Waals surface area contributed by atoms with Crippen LogP contribution in [-0.4, -0.2) is 23.7 Å². The molecule has 0 radical (unpaired) electrons. The fraction of sp³-hybridized carbons (Fsp3) is 0.308. The van der Waals surface area contributed by atoms with Crippen molar-refractivity contribution >= 4 is 0 Å². The standard InChI is InChI=1S/C13H16FN3O/c1-15-13(12-7-16-8-17(12)2)10-5-4-9(18-3)6-11(10)14/h4-8,13,15H,1-3H3. The Bertz CT molecular complexity index is 539. The number of methoxy groups -OCH3 is 1. The number of nitrogens with zero attached hydrogens (tertiary/aromatic N) is 2. The number of benzene rings is 1. The molecule has 5 heteroatoms. The van der Waals surface area contributed by atoms with Crippen molar-refractivity contribution in [1.82, 2.24) is 14.9 Å². The highest BCUT2D eigenvalue weighted by molar-refractivity contribution is 5.34. The van der Waals surface area contributed by atoms with Crippen LogP contribution in [0.1, 0.15) is 17.3 Å². The van der Waals surface area contributed by atoms with Crippen molar-refractivity contribution in [2.75, 3.05) is 14.2 Å². The van der Waals surface area contributed by atoms with Crippen LogP contribution in [0.5, 0.6) is 5.75 Å². The Hall–Kier alpha value is -1.88. The number of nitrogens with one attached hydrogen (secondary N) is 1. The van der Waals surface area contributed by atoms with Crippen LogP contribution in [0.3, 0.4) is 0 Å². The molecule has 18 heavy (non-hydrogen) atoms. The van der Waals surface area contributed by atoms with Crippen LogP contribution in [0.15, 0.2) is 30.7 Å². The van der Waals surface area contributed by atoms with Crippen LogP contribution < -0.4 is 10.1 Å². The van der Waals surface area contributed by atoms with Crippen LogP contribution >= 0.6 is 0 Å². The second-order valence-electron chi connectivity index (χ2n) is 4.04. The largest absolute Gasteiger partial charge is 0.497 e. The Labute approximate surface area is 105 Å². The van der Waals surface area contributed by atoms with E-state index in [1.165, 1.54) is 13.2 Å². The van der Waals surface area contributed by atoms with Crippen molar-refractivity contribution in [3.8, 4) is 5.75 Å². The Kier molecular flexibility index (Phi) is 3.62. The molecule has 0 fully saturated rings. The minimum absolute atomic E-state index is 0.233. The molecule has 1 atom stereocenters. The lowest BCUT2D eigenvalue weighted by Crippen LogP contribution is -2.21. The zero-order valence-corrected chi connectivity index (χ0v) is 10.6. The maximum Gasteiger partial charge on any atom is 0.132 e. The summed E-state index contributed by atoms with van der Waals surface area (Å²) in [6.07, 6.45) is 3.42. The number of aromatic nitrogens is 2. The van der Waals surface area contributed by atoms with Gasteiger partial charge in [-0.1, -0.05) is 6.07 Å². The molecule has 1 heterocycles. The first kappa shape index (κ1) is 12.6. The highest BCUT2D eigenvalue weighted by Crippen LogP contribution is 2.26. The number of halogens is 1. The van der Waals surface area contributed by atoms with Gasteiger partial charge < -0.3 is 14.6 Å². The van der Waals surface area contributed by atoms with Gasteiger partial charge in [0.2, 0.25) is 0 Å². The SMILES string of the molecule is CNC(c1ccc(OC)cc1F)c1cncn1C. The maximum atomic E-state index is 14.0. The fourth-order valence-electron chi connectivity index (χ4n) is 1.98. The number of rotatable bonds is 4. The molecule has 2 aromatic rings. The quantitative estimate of drug-likeness (QED) is 0.899. The summed E-state index contributed by atoms with van der Waals surface area (Å²) in [7, 11) is 5.19. The van der Waals surface area contributed by atoms with E-state index in [2.05, 4.69) is 10.3 Å². The minimum Gasteiger partial charge on any atom is -0.497 e. The Morgan fingerprint density at radius 3 is 2.72 bits per heavy atom. The summed E-state index contributed by atoms with van der Waals surface area (Å²) in [5.41, 5.74) is 1.48. The van der Waals surface area contributed by atoms with Gasteiger partial charge in [-0.2, -0.15) is 0 Å². The van der Waals surface area contributed by atoms with Gasteiger partial charge in [0.05, 0.1) is 31.4 Å². The van der Waals surface area contributed by atoms with E-state index in [0.29, 0.717) is 11.3 Å². The number of aryl methyl sites for hydroxylation is 1. The average molecular weight is 249 g/mol. The summed E-state index contributed by atoms with van der Waals surface area (Å²) < 4.78 is 20.9. The second-order valence-corrected chi connectivity index (χ2v) is 4.04. The first-order valence-electron chi connectivity index (χ1n) is 5.64. The van der Waals surface area contributed by atoms with Crippen LogP contribution in [0.25, 0.3) is 0 Å². The van der Waals surface area contributed by atoms with Crippen molar-refractivity contribution in [3.63, 3.8) is 0 Å². The summed E-state index contributed by atoms with van der Waals surface area (Å²) in [6, 6.07) is 4.63. The molecule has 0 aliphatic carbocycles. The Balaban J connectivity index is 2.42. The van der Waals surface area contributed by atoms with Crippen LogP contribution in [0.4, 0.5) is 4.39 Å². The van der Waals surface area contributed by atoms with Gasteiger partial charge in [0.1, 0.15) is 11.6 Å². The number of ether oxygens (including phenoxy) is 1. The molecule has 0 saturated heterocycles. The van der Waals surface area contributed by atoms with Crippen LogP contribution in [0, 0.1) is 5.82 Å². The Morgan fingerprint density at radius 1 is 1.44 bits per heavy atom. The van der Waals surface area contributed by atoms with Crippen molar-refractivity contribution < 1.29 is 9.13 Å². The smallest absolute Gasteiger partial charge is 0.132 e. The van der Waals surface area contributed by atoms with E-state index in [0.717, 1.165) is 5.69 Å². The van der Waals surface area contributed by atoms with E-state index >= 15 is 0 Å². The molecule has 0 bridgehead atoms. The lowest BCUT2D eigenvalue weighted by Gasteiger charge is -2.18. The molecule has 1 unspecified atom stereocenters. The molecule has 2 rings (SSSR count). The first-order chi connectivity index (χ1) is 8.67. The van der Waals surface area contributed by atoms with E-state index in [4.69, 9.17) is 4.74 Å². The lowest BCUT2D eigenvalue weighted by molar-refractivity contribution is 0.410. The molecule has 4 nitrogen and oxygen atoms in total. The fourth-order valence-corrected chi connectivity index (χ4v) is 1.98. The Morgan fingerprint density at radius 2 is 2.22 bits per heavy atom. The molecule has 0 spiro atoms. The van der Waals surface area contributed by atoms with Crippen molar-refractivity contribution in [2.45, 2.75) is 6.04 Å². The summed E-state index contributed by atoms with van der Waals surface area (Å²) >= 11 is 0. The lowest BCUT2D eigenvalue weighted by atomic mass is 10.0. The predicted molar refractivity (Wildman–Crippen MR) is 67.1 cm³/mol. The monoisotopic (exact) mass is 249 g/mol. The third-order valence-electron chi connectivity index (χ3n) is 2.96. The van der Waals surface area contributed by atoms with Crippen molar-refractivity contribution in [2.24, 2.45) is 7.05 Å². The van der Waals surface area contributed by atoms with Gasteiger partial charge in [0.15, 0.2) is 0 Å². The van der Waals surface area contributed by atoms with Crippen LogP contribution in [-0.2, 0) is 7.05 Å². The van der Waals surface area contributed by atoms with E-state index in [9.17, 15) is 4.39 Å². The van der Waals surface area contributed by atoms with Gasteiger partial charge in [0, 0.05) is 18.7 Å². The maximum absolute atomic E-state index is 14.0. The zero-order valence-electron chi connectivity index (χ0n) is 10.6. The number of imidazole rings is 1. The van der Waals surface area contributed by atoms with Gasteiger partial charge in [0.25, 0.3) is 0 Å². The highest BCUT2D eigenvalue weighted by Gasteiger charge is 2.19. The van der Waals surface area contributed by atoms with Gasteiger partial charge in [-0.15, -0.1) is 0 Å². The number of hydrogen-bond acceptors (Lipinski definition) is 3. The molecule has 0 saturated carbocycles.